The summed E-state index contributed by atoms with van der Waals surface area (Å²) < 4.78 is 11.0. The van der Waals surface area contributed by atoms with Crippen LogP contribution in [0.3, 0.4) is 0 Å². The van der Waals surface area contributed by atoms with Crippen LogP contribution in [0.4, 0.5) is 0 Å². The van der Waals surface area contributed by atoms with Crippen molar-refractivity contribution in [3.63, 3.8) is 0 Å². The molecule has 0 radical (unpaired) electrons. The summed E-state index contributed by atoms with van der Waals surface area (Å²) >= 11 is 3.41. The summed E-state index contributed by atoms with van der Waals surface area (Å²) in [5.74, 6) is 0.305. The SMILES string of the molecule is CC1CN(C(=O)C2CCOC2)CC(CBr)O1. The van der Waals surface area contributed by atoms with Crippen molar-refractivity contribution in [1.82, 2.24) is 4.90 Å². The second kappa shape index (κ2) is 5.47. The standard InChI is InChI=1S/C11H18BrNO3/c1-8-5-13(6-10(4-12)16-8)11(14)9-2-3-15-7-9/h8-10H,2-7H2,1H3. The number of amides is 1. The Morgan fingerprint density at radius 1 is 1.50 bits per heavy atom. The quantitative estimate of drug-likeness (QED) is 0.714. The molecule has 0 spiro atoms. The zero-order valence-electron chi connectivity index (χ0n) is 9.52. The van der Waals surface area contributed by atoms with Gasteiger partial charge < -0.3 is 14.4 Å². The van der Waals surface area contributed by atoms with Gasteiger partial charge in [-0.25, -0.2) is 0 Å². The number of hydrogen-bond donors (Lipinski definition) is 0. The molecule has 2 saturated heterocycles. The zero-order chi connectivity index (χ0) is 11.5. The lowest BCUT2D eigenvalue weighted by molar-refractivity contribution is -0.147. The second-order valence-electron chi connectivity index (χ2n) is 4.53. The maximum Gasteiger partial charge on any atom is 0.228 e. The third-order valence-electron chi connectivity index (χ3n) is 3.09. The molecular weight excluding hydrogens is 274 g/mol. The van der Waals surface area contributed by atoms with E-state index < -0.39 is 0 Å². The van der Waals surface area contributed by atoms with Gasteiger partial charge in [0.2, 0.25) is 5.91 Å². The molecule has 2 rings (SSSR count). The van der Waals surface area contributed by atoms with Crippen LogP contribution in [0.15, 0.2) is 0 Å². The Kier molecular flexibility index (Phi) is 4.21. The Morgan fingerprint density at radius 3 is 2.94 bits per heavy atom. The summed E-state index contributed by atoms with van der Waals surface area (Å²) in [5, 5.41) is 0.780. The number of nitrogens with zero attached hydrogens (tertiary/aromatic N) is 1. The lowest BCUT2D eigenvalue weighted by Gasteiger charge is -2.37. The van der Waals surface area contributed by atoms with Gasteiger partial charge in [0.05, 0.1) is 24.7 Å². The number of halogens is 1. The average molecular weight is 292 g/mol. The zero-order valence-corrected chi connectivity index (χ0v) is 11.1. The highest BCUT2D eigenvalue weighted by Gasteiger charge is 2.33. The number of ether oxygens (including phenoxy) is 2. The number of alkyl halides is 1. The van der Waals surface area contributed by atoms with Gasteiger partial charge in [-0.15, -0.1) is 0 Å². The van der Waals surface area contributed by atoms with E-state index in [4.69, 9.17) is 9.47 Å². The molecule has 16 heavy (non-hydrogen) atoms. The molecule has 2 fully saturated rings. The van der Waals surface area contributed by atoms with Gasteiger partial charge in [-0.2, -0.15) is 0 Å². The van der Waals surface area contributed by atoms with Crippen LogP contribution in [-0.2, 0) is 14.3 Å². The van der Waals surface area contributed by atoms with Gasteiger partial charge in [0.25, 0.3) is 0 Å². The van der Waals surface area contributed by atoms with E-state index in [9.17, 15) is 4.79 Å². The Hall–Kier alpha value is -0.130. The average Bonchev–Trinajstić information content (AvgIpc) is 2.80. The van der Waals surface area contributed by atoms with Crippen molar-refractivity contribution in [2.24, 2.45) is 5.92 Å². The monoisotopic (exact) mass is 291 g/mol. The molecule has 2 aliphatic rings. The Balaban J connectivity index is 1.94. The van der Waals surface area contributed by atoms with Crippen LogP contribution in [0.2, 0.25) is 0 Å². The second-order valence-corrected chi connectivity index (χ2v) is 5.17. The van der Waals surface area contributed by atoms with E-state index in [-0.39, 0.29) is 24.0 Å². The third kappa shape index (κ3) is 2.76. The molecule has 1 amide bonds. The molecule has 0 aromatic rings. The van der Waals surface area contributed by atoms with Crippen molar-refractivity contribution < 1.29 is 14.3 Å². The maximum atomic E-state index is 12.2. The van der Waals surface area contributed by atoms with Crippen molar-refractivity contribution in [3.05, 3.63) is 0 Å². The van der Waals surface area contributed by atoms with E-state index in [1.807, 2.05) is 11.8 Å². The molecule has 0 N–H and O–H groups in total. The van der Waals surface area contributed by atoms with Crippen LogP contribution in [0.5, 0.6) is 0 Å². The molecule has 0 aliphatic carbocycles. The molecule has 3 unspecified atom stereocenters. The van der Waals surface area contributed by atoms with Crippen molar-refractivity contribution in [1.29, 1.82) is 0 Å². The fraction of sp³-hybridized carbons (Fsp3) is 0.909. The Morgan fingerprint density at radius 2 is 2.31 bits per heavy atom. The van der Waals surface area contributed by atoms with Crippen LogP contribution < -0.4 is 0 Å². The van der Waals surface area contributed by atoms with Gasteiger partial charge in [-0.3, -0.25) is 4.79 Å². The molecular formula is C11H18BrNO3. The van der Waals surface area contributed by atoms with Gasteiger partial charge in [-0.1, -0.05) is 15.9 Å². The van der Waals surface area contributed by atoms with Crippen molar-refractivity contribution in [2.75, 3.05) is 31.6 Å². The van der Waals surface area contributed by atoms with Gasteiger partial charge >= 0.3 is 0 Å². The van der Waals surface area contributed by atoms with E-state index in [0.29, 0.717) is 19.7 Å². The smallest absolute Gasteiger partial charge is 0.228 e. The Bertz CT molecular complexity index is 256. The molecule has 0 bridgehead atoms. The lowest BCUT2D eigenvalue weighted by atomic mass is 10.1. The first-order chi connectivity index (χ1) is 7.70. The number of rotatable bonds is 2. The first-order valence-corrected chi connectivity index (χ1v) is 6.90. The fourth-order valence-corrected chi connectivity index (χ4v) is 2.66. The van der Waals surface area contributed by atoms with Crippen LogP contribution in [0, 0.1) is 5.92 Å². The molecule has 92 valence electrons. The number of carbonyl (C=O) groups is 1. The minimum atomic E-state index is 0.0706. The van der Waals surface area contributed by atoms with E-state index in [1.165, 1.54) is 0 Å². The van der Waals surface area contributed by atoms with Crippen LogP contribution in [0.1, 0.15) is 13.3 Å². The molecule has 0 aromatic heterocycles. The van der Waals surface area contributed by atoms with Crippen molar-refractivity contribution >= 4 is 21.8 Å². The largest absolute Gasteiger partial charge is 0.381 e. The summed E-state index contributed by atoms with van der Waals surface area (Å²) in [4.78, 5) is 14.1. The van der Waals surface area contributed by atoms with Gasteiger partial charge in [0.15, 0.2) is 0 Å². The predicted molar refractivity (Wildman–Crippen MR) is 63.6 cm³/mol. The summed E-state index contributed by atoms with van der Waals surface area (Å²) in [6, 6.07) is 0. The maximum absolute atomic E-state index is 12.2. The van der Waals surface area contributed by atoms with Crippen LogP contribution in [0.25, 0.3) is 0 Å². The predicted octanol–water partition coefficient (Wildman–Crippen LogP) is 1.03. The number of hydrogen-bond acceptors (Lipinski definition) is 3. The highest BCUT2D eigenvalue weighted by Crippen LogP contribution is 2.20. The van der Waals surface area contributed by atoms with Crippen LogP contribution >= 0.6 is 15.9 Å². The van der Waals surface area contributed by atoms with Gasteiger partial charge in [-0.05, 0) is 13.3 Å². The third-order valence-corrected chi connectivity index (χ3v) is 3.81. The molecule has 2 aliphatic heterocycles. The molecule has 2 heterocycles. The number of carbonyl (C=O) groups excluding carboxylic acids is 1. The normalized spacial score (nSPS) is 35.4. The highest BCUT2D eigenvalue weighted by molar-refractivity contribution is 9.09. The van der Waals surface area contributed by atoms with Crippen molar-refractivity contribution in [2.45, 2.75) is 25.6 Å². The fourth-order valence-electron chi connectivity index (χ4n) is 2.30. The minimum absolute atomic E-state index is 0.0706. The van der Waals surface area contributed by atoms with Crippen LogP contribution in [-0.4, -0.2) is 54.6 Å². The minimum Gasteiger partial charge on any atom is -0.381 e. The van der Waals surface area contributed by atoms with Gasteiger partial charge in [0.1, 0.15) is 0 Å². The van der Waals surface area contributed by atoms with Crippen molar-refractivity contribution in [3.8, 4) is 0 Å². The summed E-state index contributed by atoms with van der Waals surface area (Å²) in [6.07, 6.45) is 1.11. The first-order valence-electron chi connectivity index (χ1n) is 5.78. The van der Waals surface area contributed by atoms with E-state index >= 15 is 0 Å². The van der Waals surface area contributed by atoms with Gasteiger partial charge in [0, 0.05) is 25.0 Å². The highest BCUT2D eigenvalue weighted by atomic mass is 79.9. The molecule has 0 saturated carbocycles. The first kappa shape index (κ1) is 12.3. The molecule has 3 atom stereocenters. The van der Waals surface area contributed by atoms with E-state index in [2.05, 4.69) is 15.9 Å². The molecule has 5 heteroatoms. The molecule has 0 aromatic carbocycles. The van der Waals surface area contributed by atoms with E-state index in [0.717, 1.165) is 18.4 Å². The topological polar surface area (TPSA) is 38.8 Å². The lowest BCUT2D eigenvalue weighted by Crippen LogP contribution is -2.51. The molecule has 4 nitrogen and oxygen atoms in total. The summed E-state index contributed by atoms with van der Waals surface area (Å²) in [5.41, 5.74) is 0. The number of morpholine rings is 1. The van der Waals surface area contributed by atoms with E-state index in [1.54, 1.807) is 0 Å². The summed E-state index contributed by atoms with van der Waals surface area (Å²) in [6.45, 7) is 4.73. The Labute approximate surface area is 104 Å². The summed E-state index contributed by atoms with van der Waals surface area (Å²) in [7, 11) is 0.